The van der Waals surface area contributed by atoms with Gasteiger partial charge in [0.2, 0.25) is 0 Å². The van der Waals surface area contributed by atoms with Gasteiger partial charge in [-0.15, -0.1) is 0 Å². The zero-order valence-electron chi connectivity index (χ0n) is 10.5. The van der Waals surface area contributed by atoms with Crippen LogP contribution in [-0.2, 0) is 6.42 Å². The normalized spacial score (nSPS) is 26.9. The van der Waals surface area contributed by atoms with E-state index < -0.39 is 0 Å². The van der Waals surface area contributed by atoms with Crippen molar-refractivity contribution in [1.82, 2.24) is 5.32 Å². The van der Waals surface area contributed by atoms with E-state index >= 15 is 0 Å². The van der Waals surface area contributed by atoms with E-state index in [1.54, 1.807) is 16.8 Å². The summed E-state index contributed by atoms with van der Waals surface area (Å²) in [7, 11) is 0. The fraction of sp³-hybridized carbons (Fsp3) is 0.600. The van der Waals surface area contributed by atoms with Crippen LogP contribution in [-0.4, -0.2) is 25.7 Å². The number of nitrogens with zero attached hydrogens (tertiary/aromatic N) is 1. The van der Waals surface area contributed by atoms with Gasteiger partial charge < -0.3 is 10.2 Å². The molecule has 1 aromatic rings. The van der Waals surface area contributed by atoms with Crippen LogP contribution in [0.15, 0.2) is 12.1 Å². The molecule has 1 atom stereocenters. The minimum Gasteiger partial charge on any atom is -0.367 e. The first-order valence-electron chi connectivity index (χ1n) is 6.94. The fourth-order valence-corrected chi connectivity index (χ4v) is 3.62. The lowest BCUT2D eigenvalue weighted by Gasteiger charge is -2.22. The zero-order valence-corrected chi connectivity index (χ0v) is 10.5. The summed E-state index contributed by atoms with van der Waals surface area (Å²) in [6, 6.07) is 5.55. The maximum atomic E-state index is 3.60. The number of hydrogen-bond donors (Lipinski definition) is 1. The Hall–Kier alpha value is -1.02. The van der Waals surface area contributed by atoms with Crippen molar-refractivity contribution >= 4 is 5.69 Å². The summed E-state index contributed by atoms with van der Waals surface area (Å²) in [5, 5.41) is 3.60. The number of benzene rings is 1. The number of anilines is 1. The molecule has 1 aromatic carbocycles. The van der Waals surface area contributed by atoms with Gasteiger partial charge in [0.1, 0.15) is 0 Å². The van der Waals surface area contributed by atoms with Gasteiger partial charge in [-0.3, -0.25) is 0 Å². The van der Waals surface area contributed by atoms with Crippen molar-refractivity contribution in [2.75, 3.05) is 24.5 Å². The van der Waals surface area contributed by atoms with Crippen molar-refractivity contribution in [1.29, 1.82) is 0 Å². The third kappa shape index (κ3) is 1.43. The van der Waals surface area contributed by atoms with Gasteiger partial charge in [0, 0.05) is 30.7 Å². The zero-order chi connectivity index (χ0) is 11.4. The molecule has 0 saturated heterocycles. The molecule has 0 bridgehead atoms. The van der Waals surface area contributed by atoms with Gasteiger partial charge in [0.15, 0.2) is 0 Å². The van der Waals surface area contributed by atoms with Crippen molar-refractivity contribution in [2.24, 2.45) is 0 Å². The van der Waals surface area contributed by atoms with Gasteiger partial charge in [-0.05, 0) is 49.4 Å². The third-order valence-corrected chi connectivity index (χ3v) is 4.57. The predicted octanol–water partition coefficient (Wildman–Crippen LogP) is 2.21. The smallest absolute Gasteiger partial charge is 0.0438 e. The second-order valence-corrected chi connectivity index (χ2v) is 5.84. The Morgan fingerprint density at radius 1 is 1.29 bits per heavy atom. The Morgan fingerprint density at radius 2 is 2.18 bits per heavy atom. The van der Waals surface area contributed by atoms with E-state index in [4.69, 9.17) is 0 Å². The Bertz CT molecular complexity index is 462. The van der Waals surface area contributed by atoms with Crippen molar-refractivity contribution in [2.45, 2.75) is 38.1 Å². The van der Waals surface area contributed by atoms with Gasteiger partial charge >= 0.3 is 0 Å². The standard InChI is InChI=1S/C15H20N2/c1-10-2-3-11-6-7-16-8-12-9-17(13-4-5-13)15(10)14(11)12/h2-3,12-13,16H,4-9H2,1H3/t12-/m0/s1. The Labute approximate surface area is 103 Å². The molecule has 0 aromatic heterocycles. The number of aryl methyl sites for hydroxylation is 1. The highest BCUT2D eigenvalue weighted by atomic mass is 15.2. The van der Waals surface area contributed by atoms with Crippen LogP contribution < -0.4 is 10.2 Å². The molecule has 0 radical (unpaired) electrons. The summed E-state index contributed by atoms with van der Waals surface area (Å²) in [5.41, 5.74) is 6.37. The minimum absolute atomic E-state index is 0.739. The van der Waals surface area contributed by atoms with Crippen molar-refractivity contribution < 1.29 is 0 Å². The van der Waals surface area contributed by atoms with Gasteiger partial charge in [0.05, 0.1) is 0 Å². The molecule has 1 N–H and O–H groups in total. The maximum Gasteiger partial charge on any atom is 0.0438 e. The first kappa shape index (κ1) is 9.95. The quantitative estimate of drug-likeness (QED) is 0.793. The molecule has 0 unspecified atom stereocenters. The largest absolute Gasteiger partial charge is 0.367 e. The lowest BCUT2D eigenvalue weighted by molar-refractivity contribution is 0.613. The van der Waals surface area contributed by atoms with E-state index in [0.717, 1.165) is 18.5 Å². The molecule has 0 amide bonds. The van der Waals surface area contributed by atoms with E-state index in [-0.39, 0.29) is 0 Å². The minimum atomic E-state index is 0.739. The monoisotopic (exact) mass is 228 g/mol. The average Bonchev–Trinajstić information content (AvgIpc) is 3.11. The summed E-state index contributed by atoms with van der Waals surface area (Å²) < 4.78 is 0. The number of nitrogens with one attached hydrogen (secondary N) is 1. The van der Waals surface area contributed by atoms with Gasteiger partial charge in [-0.1, -0.05) is 12.1 Å². The molecule has 0 spiro atoms. The molecule has 1 saturated carbocycles. The molecule has 17 heavy (non-hydrogen) atoms. The van der Waals surface area contributed by atoms with E-state index in [2.05, 4.69) is 29.3 Å². The molecule has 3 aliphatic rings. The highest BCUT2D eigenvalue weighted by Gasteiger charge is 2.39. The lowest BCUT2D eigenvalue weighted by atomic mass is 9.93. The molecular weight excluding hydrogens is 208 g/mol. The summed E-state index contributed by atoms with van der Waals surface area (Å²) >= 11 is 0. The average molecular weight is 228 g/mol. The second kappa shape index (κ2) is 3.49. The van der Waals surface area contributed by atoms with Crippen LogP contribution in [0.25, 0.3) is 0 Å². The second-order valence-electron chi connectivity index (χ2n) is 5.84. The predicted molar refractivity (Wildman–Crippen MR) is 70.9 cm³/mol. The SMILES string of the molecule is Cc1ccc2c3c1N(C1CC1)C[C@@H]3CNCC2. The molecule has 1 aliphatic carbocycles. The van der Waals surface area contributed by atoms with E-state index in [1.807, 2.05) is 0 Å². The van der Waals surface area contributed by atoms with Crippen LogP contribution in [0.5, 0.6) is 0 Å². The highest BCUT2D eigenvalue weighted by Crippen LogP contribution is 2.46. The maximum absolute atomic E-state index is 3.60. The molecule has 90 valence electrons. The summed E-state index contributed by atoms with van der Waals surface area (Å²) in [6.07, 6.45) is 4.02. The molecule has 2 heterocycles. The Kier molecular flexibility index (Phi) is 2.04. The van der Waals surface area contributed by atoms with Gasteiger partial charge in [-0.2, -0.15) is 0 Å². The number of rotatable bonds is 1. The van der Waals surface area contributed by atoms with Gasteiger partial charge in [-0.25, -0.2) is 0 Å². The summed E-state index contributed by atoms with van der Waals surface area (Å²) in [5.74, 6) is 0.739. The third-order valence-electron chi connectivity index (χ3n) is 4.57. The molecular formula is C15H20N2. The van der Waals surface area contributed by atoms with Crippen molar-refractivity contribution in [3.63, 3.8) is 0 Å². The van der Waals surface area contributed by atoms with Crippen LogP contribution in [0.3, 0.4) is 0 Å². The summed E-state index contributed by atoms with van der Waals surface area (Å²) in [4.78, 5) is 2.70. The Morgan fingerprint density at radius 3 is 3.00 bits per heavy atom. The van der Waals surface area contributed by atoms with Gasteiger partial charge in [0.25, 0.3) is 0 Å². The van der Waals surface area contributed by atoms with Crippen LogP contribution in [0.1, 0.15) is 35.4 Å². The van der Waals surface area contributed by atoms with Crippen LogP contribution in [0.4, 0.5) is 5.69 Å². The highest BCUT2D eigenvalue weighted by molar-refractivity contribution is 5.69. The van der Waals surface area contributed by atoms with Crippen LogP contribution in [0.2, 0.25) is 0 Å². The topological polar surface area (TPSA) is 15.3 Å². The van der Waals surface area contributed by atoms with Crippen LogP contribution >= 0.6 is 0 Å². The molecule has 2 aliphatic heterocycles. The first-order chi connectivity index (χ1) is 8.34. The van der Waals surface area contributed by atoms with E-state index in [0.29, 0.717) is 0 Å². The molecule has 1 fully saturated rings. The number of hydrogen-bond acceptors (Lipinski definition) is 2. The molecule has 2 heteroatoms. The Balaban J connectivity index is 1.89. The van der Waals surface area contributed by atoms with Crippen molar-refractivity contribution in [3.05, 3.63) is 28.8 Å². The first-order valence-corrected chi connectivity index (χ1v) is 6.94. The fourth-order valence-electron chi connectivity index (χ4n) is 3.62. The van der Waals surface area contributed by atoms with Crippen molar-refractivity contribution in [3.8, 4) is 0 Å². The van der Waals surface area contributed by atoms with E-state index in [9.17, 15) is 0 Å². The molecule has 4 rings (SSSR count). The summed E-state index contributed by atoms with van der Waals surface area (Å²) in [6.45, 7) is 5.86. The lowest BCUT2D eigenvalue weighted by Crippen LogP contribution is -2.28. The van der Waals surface area contributed by atoms with Crippen LogP contribution in [0, 0.1) is 6.92 Å². The molecule has 2 nitrogen and oxygen atoms in total. The van der Waals surface area contributed by atoms with E-state index in [1.165, 1.54) is 37.9 Å².